The quantitative estimate of drug-likeness (QED) is 0.832. The Morgan fingerprint density at radius 2 is 2.24 bits per heavy atom. The third-order valence-electron chi connectivity index (χ3n) is 2.70. The van der Waals surface area contributed by atoms with Crippen molar-refractivity contribution in [1.29, 1.82) is 0 Å². The van der Waals surface area contributed by atoms with Crippen LogP contribution in [0, 0.1) is 6.92 Å². The first-order chi connectivity index (χ1) is 8.22. The molecule has 0 aliphatic carbocycles. The molecule has 92 valence electrons. The summed E-state index contributed by atoms with van der Waals surface area (Å²) in [6, 6.07) is 3.86. The molecule has 0 aliphatic rings. The Hall–Kier alpha value is -1.03. The maximum atomic E-state index is 6.05. The lowest BCUT2D eigenvalue weighted by Gasteiger charge is -2.02. The summed E-state index contributed by atoms with van der Waals surface area (Å²) < 4.78 is 10.5. The summed E-state index contributed by atoms with van der Waals surface area (Å²) in [5, 5.41) is 5.12. The van der Waals surface area contributed by atoms with Gasteiger partial charge in [0.2, 0.25) is 0 Å². The van der Waals surface area contributed by atoms with E-state index >= 15 is 0 Å². The second-order valence-corrected chi connectivity index (χ2v) is 4.47. The van der Waals surface area contributed by atoms with E-state index < -0.39 is 0 Å². The van der Waals surface area contributed by atoms with Crippen molar-refractivity contribution < 1.29 is 9.15 Å². The van der Waals surface area contributed by atoms with Crippen LogP contribution in [-0.4, -0.2) is 20.3 Å². The zero-order valence-corrected chi connectivity index (χ0v) is 10.8. The third kappa shape index (κ3) is 2.80. The van der Waals surface area contributed by atoms with Gasteiger partial charge >= 0.3 is 0 Å². The number of hydrogen-bond donors (Lipinski definition) is 1. The fourth-order valence-corrected chi connectivity index (χ4v) is 2.13. The van der Waals surface area contributed by atoms with Crippen LogP contribution in [-0.2, 0) is 11.3 Å². The van der Waals surface area contributed by atoms with Crippen molar-refractivity contribution in [2.45, 2.75) is 13.5 Å². The number of rotatable bonds is 5. The van der Waals surface area contributed by atoms with Crippen LogP contribution in [0.5, 0.6) is 0 Å². The molecule has 1 aromatic heterocycles. The lowest BCUT2D eigenvalue weighted by molar-refractivity contribution is 0.199. The van der Waals surface area contributed by atoms with E-state index in [0.29, 0.717) is 6.61 Å². The Bertz CT molecular complexity index is 507. The van der Waals surface area contributed by atoms with Gasteiger partial charge in [0.25, 0.3) is 0 Å². The van der Waals surface area contributed by atoms with Gasteiger partial charge in [-0.1, -0.05) is 11.6 Å². The average Bonchev–Trinajstić information content (AvgIpc) is 2.68. The fourth-order valence-electron chi connectivity index (χ4n) is 1.85. The molecule has 0 saturated carbocycles. The molecule has 0 unspecified atom stereocenters. The molecule has 1 aromatic carbocycles. The molecule has 0 fully saturated rings. The highest BCUT2D eigenvalue weighted by molar-refractivity contribution is 6.31. The molecule has 0 atom stereocenters. The summed E-state index contributed by atoms with van der Waals surface area (Å²) >= 11 is 6.05. The summed E-state index contributed by atoms with van der Waals surface area (Å²) in [5.74, 6) is 0. The van der Waals surface area contributed by atoms with Crippen LogP contribution >= 0.6 is 11.6 Å². The van der Waals surface area contributed by atoms with Crippen LogP contribution in [0.25, 0.3) is 11.0 Å². The van der Waals surface area contributed by atoms with Gasteiger partial charge in [-0.3, -0.25) is 0 Å². The van der Waals surface area contributed by atoms with E-state index in [-0.39, 0.29) is 0 Å². The van der Waals surface area contributed by atoms with Gasteiger partial charge < -0.3 is 14.5 Å². The molecule has 17 heavy (non-hydrogen) atoms. The zero-order valence-electron chi connectivity index (χ0n) is 10.0. The molecule has 3 nitrogen and oxygen atoms in total. The first-order valence-corrected chi connectivity index (χ1v) is 5.96. The Balaban J connectivity index is 2.18. The smallest absolute Gasteiger partial charge is 0.137 e. The van der Waals surface area contributed by atoms with Crippen molar-refractivity contribution >= 4 is 22.6 Å². The van der Waals surface area contributed by atoms with Gasteiger partial charge in [-0.15, -0.1) is 0 Å². The number of halogens is 1. The van der Waals surface area contributed by atoms with Crippen molar-refractivity contribution in [3.05, 3.63) is 34.5 Å². The predicted molar refractivity (Wildman–Crippen MR) is 69.5 cm³/mol. The minimum atomic E-state index is 0.704. The van der Waals surface area contributed by atoms with Crippen LogP contribution in [0.3, 0.4) is 0 Å². The first kappa shape index (κ1) is 12.4. The maximum absolute atomic E-state index is 6.05. The molecule has 0 amide bonds. The van der Waals surface area contributed by atoms with Crippen molar-refractivity contribution in [3.8, 4) is 0 Å². The monoisotopic (exact) mass is 253 g/mol. The molecule has 0 saturated heterocycles. The molecule has 0 bridgehead atoms. The number of furan rings is 1. The van der Waals surface area contributed by atoms with Gasteiger partial charge in [-0.2, -0.15) is 0 Å². The van der Waals surface area contributed by atoms with E-state index in [9.17, 15) is 0 Å². The van der Waals surface area contributed by atoms with E-state index in [4.69, 9.17) is 20.8 Å². The SMILES string of the molecule is COCCNCc1coc2c(C)cc(Cl)cc12. The molecule has 0 radical (unpaired) electrons. The van der Waals surface area contributed by atoms with Gasteiger partial charge in [0, 0.05) is 36.2 Å². The van der Waals surface area contributed by atoms with Crippen molar-refractivity contribution in [1.82, 2.24) is 5.32 Å². The molecular formula is C13H16ClNO2. The summed E-state index contributed by atoms with van der Waals surface area (Å²) in [7, 11) is 1.69. The Morgan fingerprint density at radius 1 is 1.41 bits per heavy atom. The van der Waals surface area contributed by atoms with E-state index in [0.717, 1.165) is 40.2 Å². The second-order valence-electron chi connectivity index (χ2n) is 4.03. The molecule has 0 aliphatic heterocycles. The number of aryl methyl sites for hydroxylation is 1. The maximum Gasteiger partial charge on any atom is 0.137 e. The predicted octanol–water partition coefficient (Wildman–Crippen LogP) is 3.13. The van der Waals surface area contributed by atoms with Crippen LogP contribution < -0.4 is 5.32 Å². The highest BCUT2D eigenvalue weighted by Crippen LogP contribution is 2.27. The number of benzene rings is 1. The third-order valence-corrected chi connectivity index (χ3v) is 2.92. The van der Waals surface area contributed by atoms with E-state index in [1.54, 1.807) is 13.4 Å². The molecule has 0 spiro atoms. The van der Waals surface area contributed by atoms with Gasteiger partial charge in [-0.05, 0) is 24.6 Å². The standard InChI is InChI=1S/C13H16ClNO2/c1-9-5-11(14)6-12-10(8-17-13(9)12)7-15-3-4-16-2/h5-6,8,15H,3-4,7H2,1-2H3. The normalized spacial score (nSPS) is 11.2. The van der Waals surface area contributed by atoms with Gasteiger partial charge in [-0.25, -0.2) is 0 Å². The van der Waals surface area contributed by atoms with Crippen LogP contribution in [0.2, 0.25) is 5.02 Å². The molecule has 1 N–H and O–H groups in total. The van der Waals surface area contributed by atoms with Crippen LogP contribution in [0.1, 0.15) is 11.1 Å². The number of ether oxygens (including phenoxy) is 1. The van der Waals surface area contributed by atoms with Crippen LogP contribution in [0.15, 0.2) is 22.8 Å². The van der Waals surface area contributed by atoms with E-state index in [1.807, 2.05) is 19.1 Å². The Morgan fingerprint density at radius 3 is 3.00 bits per heavy atom. The van der Waals surface area contributed by atoms with E-state index in [1.165, 1.54) is 0 Å². The van der Waals surface area contributed by atoms with Gasteiger partial charge in [0.15, 0.2) is 0 Å². The van der Waals surface area contributed by atoms with Crippen molar-refractivity contribution in [3.63, 3.8) is 0 Å². The molecule has 4 heteroatoms. The highest BCUT2D eigenvalue weighted by atomic mass is 35.5. The summed E-state index contributed by atoms with van der Waals surface area (Å²) in [4.78, 5) is 0. The molecule has 2 aromatic rings. The molecular weight excluding hydrogens is 238 g/mol. The average molecular weight is 254 g/mol. The fraction of sp³-hybridized carbons (Fsp3) is 0.385. The number of nitrogens with one attached hydrogen (secondary N) is 1. The summed E-state index contributed by atoms with van der Waals surface area (Å²) in [6.07, 6.45) is 1.79. The summed E-state index contributed by atoms with van der Waals surface area (Å²) in [6.45, 7) is 4.29. The van der Waals surface area contributed by atoms with Gasteiger partial charge in [0.1, 0.15) is 5.58 Å². The Kier molecular flexibility index (Phi) is 4.05. The molecule has 1 heterocycles. The second kappa shape index (κ2) is 5.54. The summed E-state index contributed by atoms with van der Waals surface area (Å²) in [5.41, 5.74) is 3.11. The number of fused-ring (bicyclic) bond motifs is 1. The number of methoxy groups -OCH3 is 1. The largest absolute Gasteiger partial charge is 0.464 e. The topological polar surface area (TPSA) is 34.4 Å². The lowest BCUT2D eigenvalue weighted by Crippen LogP contribution is -2.18. The van der Waals surface area contributed by atoms with Crippen molar-refractivity contribution in [2.75, 3.05) is 20.3 Å². The Labute approximate surface area is 106 Å². The minimum absolute atomic E-state index is 0.704. The van der Waals surface area contributed by atoms with E-state index in [2.05, 4.69) is 5.32 Å². The van der Waals surface area contributed by atoms with Crippen molar-refractivity contribution in [2.24, 2.45) is 0 Å². The zero-order chi connectivity index (χ0) is 12.3. The highest BCUT2D eigenvalue weighted by Gasteiger charge is 2.08. The first-order valence-electron chi connectivity index (χ1n) is 5.58. The lowest BCUT2D eigenvalue weighted by atomic mass is 10.1. The van der Waals surface area contributed by atoms with Crippen LogP contribution in [0.4, 0.5) is 0 Å². The molecule has 2 rings (SSSR count). The van der Waals surface area contributed by atoms with Gasteiger partial charge in [0.05, 0.1) is 12.9 Å². The minimum Gasteiger partial charge on any atom is -0.464 e. The number of hydrogen-bond acceptors (Lipinski definition) is 3.